The van der Waals surface area contributed by atoms with Crippen molar-refractivity contribution >= 4 is 29.1 Å². The molecule has 1 aliphatic heterocycles. The number of rotatable bonds is 4. The molecule has 1 N–H and O–H groups in total. The Morgan fingerprint density at radius 3 is 2.56 bits per heavy atom. The van der Waals surface area contributed by atoms with Gasteiger partial charge in [0.15, 0.2) is 0 Å². The molecule has 3 unspecified atom stereocenters. The van der Waals surface area contributed by atoms with Crippen LogP contribution in [0.5, 0.6) is 0 Å². The third kappa shape index (κ3) is 4.31. The van der Waals surface area contributed by atoms with E-state index in [0.717, 1.165) is 24.9 Å². The molecule has 0 saturated carbocycles. The second kappa shape index (κ2) is 8.22. The first-order valence-corrected chi connectivity index (χ1v) is 10.1. The number of hydrogen-bond acceptors (Lipinski definition) is 2. The first-order chi connectivity index (χ1) is 12.8. The molecule has 1 amide bonds. The number of likely N-dealkylation sites (N-methyl/N-ethyl adjacent to an activating group) is 1. The Balaban J connectivity index is 1.95. The standard InChI is InChI=1S/C22H26Cl2N2O/c1-15-11-12-22(2,26(3)14-15)20(16-7-5-4-6-8-16)25-21(27)18-10-9-17(23)13-19(18)24/h4-10,13,15,20H,11-12,14H2,1-3H3,(H,25,27). The summed E-state index contributed by atoms with van der Waals surface area (Å²) >= 11 is 12.2. The summed E-state index contributed by atoms with van der Waals surface area (Å²) in [4.78, 5) is 15.4. The molecule has 0 spiro atoms. The molecule has 1 saturated heterocycles. The SMILES string of the molecule is CC1CCC(C)(C(NC(=O)c2ccc(Cl)cc2Cl)c2ccccc2)N(C)C1. The summed E-state index contributed by atoms with van der Waals surface area (Å²) < 4.78 is 0. The van der Waals surface area contributed by atoms with E-state index in [1.807, 2.05) is 18.2 Å². The predicted molar refractivity (Wildman–Crippen MR) is 113 cm³/mol. The minimum absolute atomic E-state index is 0.143. The van der Waals surface area contributed by atoms with Gasteiger partial charge in [-0.2, -0.15) is 0 Å². The average molecular weight is 405 g/mol. The van der Waals surface area contributed by atoms with Crippen molar-refractivity contribution < 1.29 is 4.79 Å². The van der Waals surface area contributed by atoms with E-state index in [1.165, 1.54) is 0 Å². The second-order valence-corrected chi connectivity index (χ2v) is 8.67. The minimum Gasteiger partial charge on any atom is -0.343 e. The molecule has 3 atom stereocenters. The molecule has 1 aliphatic rings. The highest BCUT2D eigenvalue weighted by atomic mass is 35.5. The third-order valence-corrected chi connectivity index (χ3v) is 6.35. The summed E-state index contributed by atoms with van der Waals surface area (Å²) in [6.07, 6.45) is 2.15. The number of nitrogens with one attached hydrogen (secondary N) is 1. The van der Waals surface area contributed by atoms with Crippen LogP contribution in [0.25, 0.3) is 0 Å². The predicted octanol–water partition coefficient (Wildman–Crippen LogP) is 5.58. The Kier molecular flexibility index (Phi) is 6.15. The topological polar surface area (TPSA) is 32.3 Å². The lowest BCUT2D eigenvalue weighted by molar-refractivity contribution is 0.0276. The van der Waals surface area contributed by atoms with Gasteiger partial charge in [-0.15, -0.1) is 0 Å². The summed E-state index contributed by atoms with van der Waals surface area (Å²) in [5.74, 6) is 0.472. The number of carbonyl (C=O) groups excluding carboxylic acids is 1. The highest BCUT2D eigenvalue weighted by molar-refractivity contribution is 6.36. The lowest BCUT2D eigenvalue weighted by Crippen LogP contribution is -2.57. The van der Waals surface area contributed by atoms with Crippen LogP contribution in [0.3, 0.4) is 0 Å². The van der Waals surface area contributed by atoms with E-state index < -0.39 is 0 Å². The number of piperidine rings is 1. The van der Waals surface area contributed by atoms with E-state index in [-0.39, 0.29) is 17.5 Å². The molecule has 0 aromatic heterocycles. The largest absolute Gasteiger partial charge is 0.343 e. The molecule has 3 nitrogen and oxygen atoms in total. The fourth-order valence-electron chi connectivity index (χ4n) is 3.99. The molecule has 2 aromatic rings. The molecule has 144 valence electrons. The van der Waals surface area contributed by atoms with Crippen molar-refractivity contribution in [3.8, 4) is 0 Å². The molecule has 27 heavy (non-hydrogen) atoms. The fraction of sp³-hybridized carbons (Fsp3) is 0.409. The zero-order valence-electron chi connectivity index (χ0n) is 16.0. The second-order valence-electron chi connectivity index (χ2n) is 7.82. The van der Waals surface area contributed by atoms with Crippen LogP contribution >= 0.6 is 23.2 Å². The Bertz CT molecular complexity index is 811. The zero-order valence-corrected chi connectivity index (χ0v) is 17.5. The monoisotopic (exact) mass is 404 g/mol. The van der Waals surface area contributed by atoms with E-state index in [4.69, 9.17) is 23.2 Å². The molecule has 3 rings (SSSR count). The van der Waals surface area contributed by atoms with Crippen LogP contribution in [0.4, 0.5) is 0 Å². The van der Waals surface area contributed by atoms with Gasteiger partial charge in [0.2, 0.25) is 0 Å². The quantitative estimate of drug-likeness (QED) is 0.720. The molecule has 0 aliphatic carbocycles. The van der Waals surface area contributed by atoms with Gasteiger partial charge < -0.3 is 5.32 Å². The van der Waals surface area contributed by atoms with Gasteiger partial charge in [0.25, 0.3) is 5.91 Å². The smallest absolute Gasteiger partial charge is 0.253 e. The van der Waals surface area contributed by atoms with Gasteiger partial charge in [0.05, 0.1) is 16.6 Å². The first-order valence-electron chi connectivity index (χ1n) is 9.33. The van der Waals surface area contributed by atoms with E-state index >= 15 is 0 Å². The summed E-state index contributed by atoms with van der Waals surface area (Å²) in [7, 11) is 2.15. The first kappa shape index (κ1) is 20.2. The Morgan fingerprint density at radius 2 is 1.93 bits per heavy atom. The van der Waals surface area contributed by atoms with Gasteiger partial charge >= 0.3 is 0 Å². The van der Waals surface area contributed by atoms with Crippen LogP contribution in [-0.4, -0.2) is 29.9 Å². The third-order valence-electron chi connectivity index (χ3n) is 5.81. The number of carbonyl (C=O) groups is 1. The van der Waals surface area contributed by atoms with E-state index in [9.17, 15) is 4.79 Å². The van der Waals surface area contributed by atoms with Gasteiger partial charge in [-0.3, -0.25) is 9.69 Å². The molecule has 0 radical (unpaired) electrons. The summed E-state index contributed by atoms with van der Waals surface area (Å²) in [5.41, 5.74) is 1.36. The van der Waals surface area contributed by atoms with Crippen molar-refractivity contribution in [2.24, 2.45) is 5.92 Å². The minimum atomic E-state index is -0.182. The highest BCUT2D eigenvalue weighted by Gasteiger charge is 2.42. The fourth-order valence-corrected chi connectivity index (χ4v) is 4.48. The van der Waals surface area contributed by atoms with Crippen molar-refractivity contribution in [2.45, 2.75) is 38.3 Å². The van der Waals surface area contributed by atoms with E-state index in [2.05, 4.69) is 43.2 Å². The lowest BCUT2D eigenvalue weighted by atomic mass is 9.76. The van der Waals surface area contributed by atoms with Crippen molar-refractivity contribution in [2.75, 3.05) is 13.6 Å². The molecule has 0 bridgehead atoms. The summed E-state index contributed by atoms with van der Waals surface area (Å²) in [6.45, 7) is 5.53. The Hall–Kier alpha value is -1.55. The Labute approximate surface area is 171 Å². The molecule has 1 fully saturated rings. The maximum atomic E-state index is 13.1. The lowest BCUT2D eigenvalue weighted by Gasteiger charge is -2.50. The molecule has 1 heterocycles. The van der Waals surface area contributed by atoms with E-state index in [1.54, 1.807) is 18.2 Å². The number of halogens is 2. The van der Waals surface area contributed by atoms with Crippen LogP contribution in [0.15, 0.2) is 48.5 Å². The zero-order chi connectivity index (χ0) is 19.6. The van der Waals surface area contributed by atoms with E-state index in [0.29, 0.717) is 21.5 Å². The maximum Gasteiger partial charge on any atom is 0.253 e. The van der Waals surface area contributed by atoms with Crippen LogP contribution in [-0.2, 0) is 0 Å². The maximum absolute atomic E-state index is 13.1. The van der Waals surface area contributed by atoms with Gasteiger partial charge in [-0.1, -0.05) is 60.5 Å². The summed E-state index contributed by atoms with van der Waals surface area (Å²) in [6, 6.07) is 15.0. The van der Waals surface area contributed by atoms with Crippen molar-refractivity contribution in [3.63, 3.8) is 0 Å². The number of amides is 1. The van der Waals surface area contributed by atoms with Crippen LogP contribution in [0, 0.1) is 5.92 Å². The average Bonchev–Trinajstić information content (AvgIpc) is 2.63. The van der Waals surface area contributed by atoms with Crippen LogP contribution in [0.2, 0.25) is 10.0 Å². The van der Waals surface area contributed by atoms with Crippen LogP contribution in [0.1, 0.15) is 48.7 Å². The highest BCUT2D eigenvalue weighted by Crippen LogP contribution is 2.39. The molecule has 2 aromatic carbocycles. The van der Waals surface area contributed by atoms with Gasteiger partial charge in [0, 0.05) is 17.1 Å². The van der Waals surface area contributed by atoms with Crippen molar-refractivity contribution in [1.82, 2.24) is 10.2 Å². The normalized spacial score (nSPS) is 24.4. The van der Waals surface area contributed by atoms with Crippen molar-refractivity contribution in [1.29, 1.82) is 0 Å². The van der Waals surface area contributed by atoms with Gasteiger partial charge in [-0.05, 0) is 56.5 Å². The van der Waals surface area contributed by atoms with Crippen molar-refractivity contribution in [3.05, 3.63) is 69.7 Å². The van der Waals surface area contributed by atoms with Crippen LogP contribution < -0.4 is 5.32 Å². The number of nitrogens with zero attached hydrogens (tertiary/aromatic N) is 1. The number of hydrogen-bond donors (Lipinski definition) is 1. The molecule has 5 heteroatoms. The van der Waals surface area contributed by atoms with Gasteiger partial charge in [-0.25, -0.2) is 0 Å². The Morgan fingerprint density at radius 1 is 1.22 bits per heavy atom. The molecular formula is C22H26Cl2N2O. The van der Waals surface area contributed by atoms with Gasteiger partial charge in [0.1, 0.15) is 0 Å². The summed E-state index contributed by atoms with van der Waals surface area (Å²) in [5, 5.41) is 4.14. The number of benzene rings is 2. The molecular weight excluding hydrogens is 379 g/mol. The number of likely N-dealkylation sites (tertiary alicyclic amines) is 1.